The van der Waals surface area contributed by atoms with Gasteiger partial charge in [0.25, 0.3) is 0 Å². The van der Waals surface area contributed by atoms with Crippen molar-refractivity contribution in [1.82, 2.24) is 4.57 Å². The van der Waals surface area contributed by atoms with E-state index < -0.39 is 0 Å². The van der Waals surface area contributed by atoms with Gasteiger partial charge in [0, 0.05) is 18.3 Å². The SMILES string of the molecule is Cc1cc(C)c(-[n+]2[c-]n(CCC3C=Cc4ccccc43)cc2)c(C)c1. The standard InChI is InChI=1S/C23H24N2/c1-17-14-18(2)23(19(3)15-17)25-13-12-24(16-25)11-10-21-9-8-20-6-4-5-7-22(20)21/h4-9,12-15,21H,10-11H2,1-3H3. The Morgan fingerprint density at radius 3 is 2.64 bits per heavy atom. The van der Waals surface area contributed by atoms with Crippen LogP contribution in [0.4, 0.5) is 0 Å². The zero-order valence-electron chi connectivity index (χ0n) is 15.2. The first kappa shape index (κ1) is 15.9. The molecule has 0 aliphatic heterocycles. The first-order valence-corrected chi connectivity index (χ1v) is 8.97. The summed E-state index contributed by atoms with van der Waals surface area (Å²) in [6.07, 6.45) is 13.4. The molecular weight excluding hydrogens is 304 g/mol. The summed E-state index contributed by atoms with van der Waals surface area (Å²) in [5, 5.41) is 0. The molecule has 126 valence electrons. The summed E-state index contributed by atoms with van der Waals surface area (Å²) in [5.74, 6) is 0.517. The van der Waals surface area contributed by atoms with Crippen LogP contribution < -0.4 is 4.57 Å². The molecule has 2 nitrogen and oxygen atoms in total. The Bertz CT molecular complexity index is 923. The van der Waals surface area contributed by atoms with E-state index in [4.69, 9.17) is 0 Å². The third kappa shape index (κ3) is 3.05. The Kier molecular flexibility index (Phi) is 4.04. The second kappa shape index (κ2) is 6.36. The number of fused-ring (bicyclic) bond motifs is 1. The van der Waals surface area contributed by atoms with Crippen LogP contribution in [0.1, 0.15) is 40.2 Å². The van der Waals surface area contributed by atoms with Gasteiger partial charge in [0.05, 0.1) is 12.2 Å². The van der Waals surface area contributed by atoms with Gasteiger partial charge in [-0.1, -0.05) is 54.1 Å². The van der Waals surface area contributed by atoms with E-state index in [9.17, 15) is 0 Å². The van der Waals surface area contributed by atoms with E-state index in [1.807, 2.05) is 0 Å². The third-order valence-corrected chi connectivity index (χ3v) is 5.09. The quantitative estimate of drug-likeness (QED) is 0.485. The van der Waals surface area contributed by atoms with Crippen LogP contribution >= 0.6 is 0 Å². The summed E-state index contributed by atoms with van der Waals surface area (Å²) >= 11 is 0. The normalized spacial score (nSPS) is 15.6. The zero-order chi connectivity index (χ0) is 17.4. The van der Waals surface area contributed by atoms with Crippen LogP contribution in [0.5, 0.6) is 0 Å². The molecule has 0 N–H and O–H groups in total. The number of imidazole rings is 1. The smallest absolute Gasteiger partial charge is 0.243 e. The number of hydrogen-bond donors (Lipinski definition) is 0. The molecule has 1 heterocycles. The Balaban J connectivity index is 1.51. The molecule has 1 aromatic heterocycles. The lowest BCUT2D eigenvalue weighted by Gasteiger charge is -2.12. The molecule has 0 saturated carbocycles. The summed E-state index contributed by atoms with van der Waals surface area (Å²) in [7, 11) is 0. The van der Waals surface area contributed by atoms with Crippen molar-refractivity contribution < 1.29 is 4.57 Å². The first-order valence-electron chi connectivity index (χ1n) is 8.97. The Hall–Kier alpha value is -2.61. The minimum Gasteiger partial charge on any atom is -0.326 e. The molecule has 0 spiro atoms. The fourth-order valence-corrected chi connectivity index (χ4v) is 4.01. The van der Waals surface area contributed by atoms with Gasteiger partial charge in [0.2, 0.25) is 6.33 Å². The van der Waals surface area contributed by atoms with E-state index in [1.54, 1.807) is 0 Å². The first-order chi connectivity index (χ1) is 12.1. The minimum absolute atomic E-state index is 0.517. The number of benzene rings is 2. The number of rotatable bonds is 4. The molecule has 0 saturated heterocycles. The predicted octanol–water partition coefficient (Wildman–Crippen LogP) is 4.69. The maximum absolute atomic E-state index is 3.49. The van der Waals surface area contributed by atoms with Crippen molar-refractivity contribution in [2.45, 2.75) is 39.7 Å². The third-order valence-electron chi connectivity index (χ3n) is 5.09. The molecular formula is C23H24N2. The van der Waals surface area contributed by atoms with Crippen LogP contribution in [-0.4, -0.2) is 4.57 Å². The molecule has 1 unspecified atom stereocenters. The highest BCUT2D eigenvalue weighted by atomic mass is 15.1. The van der Waals surface area contributed by atoms with Gasteiger partial charge in [0.15, 0.2) is 0 Å². The van der Waals surface area contributed by atoms with Gasteiger partial charge in [-0.3, -0.25) is 0 Å². The highest BCUT2D eigenvalue weighted by Crippen LogP contribution is 2.32. The molecule has 0 bridgehead atoms. The van der Waals surface area contributed by atoms with Crippen LogP contribution in [-0.2, 0) is 6.54 Å². The summed E-state index contributed by atoms with van der Waals surface area (Å²) in [6.45, 7) is 7.47. The zero-order valence-corrected chi connectivity index (χ0v) is 15.2. The van der Waals surface area contributed by atoms with E-state index >= 15 is 0 Å². The van der Waals surface area contributed by atoms with Gasteiger partial charge in [-0.2, -0.15) is 0 Å². The number of nitrogens with zero attached hydrogens (tertiary/aromatic N) is 2. The topological polar surface area (TPSA) is 8.81 Å². The van der Waals surface area contributed by atoms with E-state index in [0.29, 0.717) is 5.92 Å². The molecule has 1 aliphatic rings. The van der Waals surface area contributed by atoms with E-state index in [-0.39, 0.29) is 0 Å². The van der Waals surface area contributed by atoms with Crippen LogP contribution in [0.15, 0.2) is 54.9 Å². The summed E-state index contributed by atoms with van der Waals surface area (Å²) < 4.78 is 4.30. The molecule has 25 heavy (non-hydrogen) atoms. The lowest BCUT2D eigenvalue weighted by molar-refractivity contribution is -0.600. The highest BCUT2D eigenvalue weighted by molar-refractivity contribution is 5.62. The molecule has 0 fully saturated rings. The molecule has 1 aliphatic carbocycles. The lowest BCUT2D eigenvalue weighted by Crippen LogP contribution is -2.31. The molecule has 4 rings (SSSR count). The average Bonchev–Trinajstić information content (AvgIpc) is 3.19. The fourth-order valence-electron chi connectivity index (χ4n) is 4.01. The van der Waals surface area contributed by atoms with Crippen molar-refractivity contribution in [3.05, 3.63) is 89.0 Å². The van der Waals surface area contributed by atoms with Crippen molar-refractivity contribution in [3.63, 3.8) is 0 Å². The number of allylic oxidation sites excluding steroid dienone is 1. The van der Waals surface area contributed by atoms with Crippen molar-refractivity contribution in [2.24, 2.45) is 0 Å². The van der Waals surface area contributed by atoms with Gasteiger partial charge >= 0.3 is 0 Å². The van der Waals surface area contributed by atoms with E-state index in [1.165, 1.54) is 33.5 Å². The van der Waals surface area contributed by atoms with Gasteiger partial charge < -0.3 is 9.13 Å². The van der Waals surface area contributed by atoms with Crippen LogP contribution in [0.2, 0.25) is 0 Å². The molecule has 2 aromatic carbocycles. The van der Waals surface area contributed by atoms with E-state index in [0.717, 1.165) is 13.0 Å². The molecule has 3 aromatic rings. The maximum Gasteiger partial charge on any atom is 0.243 e. The maximum atomic E-state index is 3.49. The number of aryl methyl sites for hydroxylation is 4. The Morgan fingerprint density at radius 1 is 1.08 bits per heavy atom. The lowest BCUT2D eigenvalue weighted by atomic mass is 9.98. The van der Waals surface area contributed by atoms with Gasteiger partial charge in [-0.15, -0.1) is 0 Å². The number of aromatic nitrogens is 2. The van der Waals surface area contributed by atoms with E-state index in [2.05, 4.69) is 97.2 Å². The van der Waals surface area contributed by atoms with Crippen LogP contribution in [0.3, 0.4) is 0 Å². The average molecular weight is 328 g/mol. The van der Waals surface area contributed by atoms with Crippen molar-refractivity contribution in [1.29, 1.82) is 0 Å². The highest BCUT2D eigenvalue weighted by Gasteiger charge is 2.17. The van der Waals surface area contributed by atoms with Crippen molar-refractivity contribution >= 4 is 6.08 Å². The molecule has 0 radical (unpaired) electrons. The molecule has 1 atom stereocenters. The van der Waals surface area contributed by atoms with Crippen LogP contribution in [0, 0.1) is 27.1 Å². The number of hydrogen-bond acceptors (Lipinski definition) is 0. The predicted molar refractivity (Wildman–Crippen MR) is 102 cm³/mol. The van der Waals surface area contributed by atoms with Crippen LogP contribution in [0.25, 0.3) is 11.8 Å². The second-order valence-corrected chi connectivity index (χ2v) is 7.09. The van der Waals surface area contributed by atoms with Gasteiger partial charge in [-0.25, -0.2) is 0 Å². The van der Waals surface area contributed by atoms with Crippen molar-refractivity contribution in [3.8, 4) is 5.69 Å². The molecule has 0 amide bonds. The monoisotopic (exact) mass is 328 g/mol. The molecule has 2 heteroatoms. The minimum atomic E-state index is 0.517. The summed E-state index contributed by atoms with van der Waals surface area (Å²) in [5.41, 5.74) is 7.96. The Morgan fingerprint density at radius 2 is 1.84 bits per heavy atom. The summed E-state index contributed by atoms with van der Waals surface area (Å²) in [6, 6.07) is 13.2. The van der Waals surface area contributed by atoms with Gasteiger partial charge in [-0.05, 0) is 49.4 Å². The van der Waals surface area contributed by atoms with Crippen molar-refractivity contribution in [2.75, 3.05) is 0 Å². The summed E-state index contributed by atoms with van der Waals surface area (Å²) in [4.78, 5) is 0. The largest absolute Gasteiger partial charge is 0.326 e. The Labute approximate surface area is 150 Å². The fraction of sp³-hybridized carbons (Fsp3) is 0.261. The second-order valence-electron chi connectivity index (χ2n) is 7.09. The van der Waals surface area contributed by atoms with Gasteiger partial charge in [0.1, 0.15) is 0 Å².